The second-order valence-electron chi connectivity index (χ2n) is 7.64. The van der Waals surface area contributed by atoms with Gasteiger partial charge in [0, 0.05) is 38.1 Å². The van der Waals surface area contributed by atoms with Crippen molar-refractivity contribution in [3.8, 4) is 0 Å². The van der Waals surface area contributed by atoms with Crippen LogP contribution in [-0.2, 0) is 16.0 Å². The van der Waals surface area contributed by atoms with Crippen molar-refractivity contribution in [1.29, 1.82) is 0 Å². The van der Waals surface area contributed by atoms with E-state index in [1.54, 1.807) is 6.92 Å². The average Bonchev–Trinajstić information content (AvgIpc) is 3.20. The number of rotatable bonds is 6. The highest BCUT2D eigenvalue weighted by molar-refractivity contribution is 5.78. The fraction of sp³-hybridized carbons (Fsp3) is 0.778. The molecule has 3 heterocycles. The SMILES string of the molecule is Cc1nonc1CC(=O)NC[C@@H]1CC[C@H](CC(=O)N2CCC(O)CC2)N1C. The minimum atomic E-state index is -0.270. The summed E-state index contributed by atoms with van der Waals surface area (Å²) in [5.74, 6) is 0.0612. The van der Waals surface area contributed by atoms with Gasteiger partial charge in [-0.15, -0.1) is 0 Å². The molecular formula is C18H29N5O4. The maximum Gasteiger partial charge on any atom is 0.226 e. The van der Waals surface area contributed by atoms with Crippen LogP contribution in [-0.4, -0.2) is 81.9 Å². The molecule has 0 bridgehead atoms. The first-order valence-corrected chi connectivity index (χ1v) is 9.66. The number of likely N-dealkylation sites (N-methyl/N-ethyl adjacent to an activating group) is 1. The molecular weight excluding hydrogens is 350 g/mol. The molecule has 1 aromatic heterocycles. The Balaban J connectivity index is 1.41. The first-order valence-electron chi connectivity index (χ1n) is 9.66. The molecule has 0 spiro atoms. The van der Waals surface area contributed by atoms with Gasteiger partial charge in [-0.1, -0.05) is 10.3 Å². The molecule has 9 heteroatoms. The molecule has 2 fully saturated rings. The van der Waals surface area contributed by atoms with Gasteiger partial charge in [-0.25, -0.2) is 4.63 Å². The Bertz CT molecular complexity index is 656. The van der Waals surface area contributed by atoms with Gasteiger partial charge in [0.2, 0.25) is 11.8 Å². The molecule has 2 aliphatic heterocycles. The molecule has 27 heavy (non-hydrogen) atoms. The molecule has 2 N–H and O–H groups in total. The number of nitrogens with one attached hydrogen (secondary N) is 1. The summed E-state index contributed by atoms with van der Waals surface area (Å²) in [6.45, 7) is 3.60. The molecule has 3 rings (SSSR count). The van der Waals surface area contributed by atoms with Crippen LogP contribution >= 0.6 is 0 Å². The normalized spacial score (nSPS) is 24.3. The topological polar surface area (TPSA) is 112 Å². The van der Waals surface area contributed by atoms with Crippen LogP contribution in [0, 0.1) is 6.92 Å². The highest BCUT2D eigenvalue weighted by atomic mass is 16.6. The number of hydrogen-bond donors (Lipinski definition) is 2. The number of nitrogens with zero attached hydrogens (tertiary/aromatic N) is 4. The van der Waals surface area contributed by atoms with Crippen LogP contribution in [0.1, 0.15) is 43.5 Å². The fourth-order valence-electron chi connectivity index (χ4n) is 3.88. The lowest BCUT2D eigenvalue weighted by Gasteiger charge is -2.32. The number of aromatic nitrogens is 2. The van der Waals surface area contributed by atoms with Crippen LogP contribution in [0.2, 0.25) is 0 Å². The molecule has 0 unspecified atom stereocenters. The second kappa shape index (κ2) is 8.79. The zero-order valence-corrected chi connectivity index (χ0v) is 16.1. The summed E-state index contributed by atoms with van der Waals surface area (Å²) >= 11 is 0. The van der Waals surface area contributed by atoms with Gasteiger partial charge in [-0.05, 0) is 39.7 Å². The predicted octanol–water partition coefficient (Wildman–Crippen LogP) is -0.127. The van der Waals surface area contributed by atoms with E-state index >= 15 is 0 Å². The van der Waals surface area contributed by atoms with Gasteiger partial charge >= 0.3 is 0 Å². The lowest BCUT2D eigenvalue weighted by Crippen LogP contribution is -2.45. The molecule has 2 saturated heterocycles. The number of carbonyl (C=O) groups is 2. The summed E-state index contributed by atoms with van der Waals surface area (Å²) in [7, 11) is 2.02. The number of aryl methyl sites for hydroxylation is 1. The van der Waals surface area contributed by atoms with E-state index in [1.165, 1.54) is 0 Å². The van der Waals surface area contributed by atoms with E-state index in [0.717, 1.165) is 12.8 Å². The highest BCUT2D eigenvalue weighted by Crippen LogP contribution is 2.25. The molecule has 9 nitrogen and oxygen atoms in total. The summed E-state index contributed by atoms with van der Waals surface area (Å²) in [4.78, 5) is 28.7. The predicted molar refractivity (Wildman–Crippen MR) is 96.8 cm³/mol. The van der Waals surface area contributed by atoms with Gasteiger partial charge in [-0.2, -0.15) is 0 Å². The molecule has 0 saturated carbocycles. The van der Waals surface area contributed by atoms with Crippen molar-refractivity contribution in [2.24, 2.45) is 0 Å². The third kappa shape index (κ3) is 5.04. The van der Waals surface area contributed by atoms with Crippen molar-refractivity contribution >= 4 is 11.8 Å². The monoisotopic (exact) mass is 379 g/mol. The lowest BCUT2D eigenvalue weighted by atomic mass is 10.1. The number of likely N-dealkylation sites (tertiary alicyclic amines) is 2. The number of piperidine rings is 1. The zero-order chi connectivity index (χ0) is 19.4. The quantitative estimate of drug-likeness (QED) is 0.708. The Kier molecular flexibility index (Phi) is 6.43. The summed E-state index contributed by atoms with van der Waals surface area (Å²) < 4.78 is 4.61. The van der Waals surface area contributed by atoms with E-state index in [9.17, 15) is 14.7 Å². The van der Waals surface area contributed by atoms with Gasteiger partial charge in [0.25, 0.3) is 0 Å². The van der Waals surface area contributed by atoms with Crippen LogP contribution in [0.4, 0.5) is 0 Å². The molecule has 1 aromatic rings. The standard InChI is InChI=1S/C18H29N5O4/c1-12-16(21-27-20-12)10-17(25)19-11-14-4-3-13(22(14)2)9-18(26)23-7-5-15(24)6-8-23/h13-15,24H,3-11H2,1-2H3,(H,19,25)/t13-,14+/m1/s1. The van der Waals surface area contributed by atoms with E-state index in [-0.39, 0.29) is 36.4 Å². The van der Waals surface area contributed by atoms with E-state index in [1.807, 2.05) is 11.9 Å². The average molecular weight is 379 g/mol. The van der Waals surface area contributed by atoms with Crippen LogP contribution in [0.5, 0.6) is 0 Å². The van der Waals surface area contributed by atoms with Crippen molar-refractivity contribution in [2.75, 3.05) is 26.7 Å². The molecule has 2 aliphatic rings. The van der Waals surface area contributed by atoms with Gasteiger partial charge < -0.3 is 15.3 Å². The summed E-state index contributed by atoms with van der Waals surface area (Å²) in [6.07, 6.45) is 3.63. The van der Waals surface area contributed by atoms with E-state index in [0.29, 0.717) is 50.3 Å². The number of amides is 2. The van der Waals surface area contributed by atoms with E-state index < -0.39 is 0 Å². The summed E-state index contributed by atoms with van der Waals surface area (Å²) in [5.41, 5.74) is 1.19. The van der Waals surface area contributed by atoms with Crippen molar-refractivity contribution in [2.45, 2.75) is 63.6 Å². The van der Waals surface area contributed by atoms with E-state index in [4.69, 9.17) is 0 Å². The number of hydrogen-bond acceptors (Lipinski definition) is 7. The molecule has 0 aliphatic carbocycles. The van der Waals surface area contributed by atoms with Crippen LogP contribution in [0.25, 0.3) is 0 Å². The van der Waals surface area contributed by atoms with Crippen molar-refractivity contribution in [1.82, 2.24) is 25.4 Å². The maximum absolute atomic E-state index is 12.5. The minimum Gasteiger partial charge on any atom is -0.393 e. The lowest BCUT2D eigenvalue weighted by molar-refractivity contribution is -0.134. The summed E-state index contributed by atoms with van der Waals surface area (Å²) in [6, 6.07) is 0.430. The second-order valence-corrected chi connectivity index (χ2v) is 7.64. The Morgan fingerprint density at radius 2 is 1.89 bits per heavy atom. The zero-order valence-electron chi connectivity index (χ0n) is 16.1. The van der Waals surface area contributed by atoms with E-state index in [2.05, 4.69) is 25.2 Å². The third-order valence-corrected chi connectivity index (χ3v) is 5.82. The van der Waals surface area contributed by atoms with Gasteiger partial charge in [-0.3, -0.25) is 14.5 Å². The van der Waals surface area contributed by atoms with Crippen LogP contribution in [0.15, 0.2) is 4.63 Å². The first kappa shape index (κ1) is 19.8. The molecule has 150 valence electrons. The Morgan fingerprint density at radius 3 is 2.56 bits per heavy atom. The number of aliphatic hydroxyl groups is 1. The maximum atomic E-state index is 12.5. The van der Waals surface area contributed by atoms with Gasteiger partial charge in [0.05, 0.1) is 12.5 Å². The summed E-state index contributed by atoms with van der Waals surface area (Å²) in [5, 5.41) is 19.9. The largest absolute Gasteiger partial charge is 0.393 e. The number of aliphatic hydroxyl groups excluding tert-OH is 1. The smallest absolute Gasteiger partial charge is 0.226 e. The van der Waals surface area contributed by atoms with Crippen molar-refractivity contribution in [3.05, 3.63) is 11.4 Å². The van der Waals surface area contributed by atoms with Gasteiger partial charge in [0.1, 0.15) is 11.4 Å². The minimum absolute atomic E-state index is 0.103. The Morgan fingerprint density at radius 1 is 1.19 bits per heavy atom. The van der Waals surface area contributed by atoms with Crippen molar-refractivity contribution in [3.63, 3.8) is 0 Å². The molecule has 2 atom stereocenters. The third-order valence-electron chi connectivity index (χ3n) is 5.82. The van der Waals surface area contributed by atoms with Gasteiger partial charge in [0.15, 0.2) is 0 Å². The number of carbonyl (C=O) groups excluding carboxylic acids is 2. The molecule has 0 aromatic carbocycles. The van der Waals surface area contributed by atoms with Crippen LogP contribution < -0.4 is 5.32 Å². The highest BCUT2D eigenvalue weighted by Gasteiger charge is 2.33. The fourth-order valence-corrected chi connectivity index (χ4v) is 3.88. The molecule has 0 radical (unpaired) electrons. The molecule has 2 amide bonds. The first-order chi connectivity index (χ1) is 12.9. The Labute approximate surface area is 159 Å². The van der Waals surface area contributed by atoms with Crippen LogP contribution in [0.3, 0.4) is 0 Å². The van der Waals surface area contributed by atoms with Crippen molar-refractivity contribution < 1.29 is 19.3 Å². The Hall–Kier alpha value is -2.00.